The van der Waals surface area contributed by atoms with Crippen molar-refractivity contribution in [3.8, 4) is 39.5 Å². The number of fused-ring (bicyclic) bond motifs is 6. The zero-order valence-corrected chi connectivity index (χ0v) is 27.2. The summed E-state index contributed by atoms with van der Waals surface area (Å²) in [6.45, 7) is 0. The predicted molar refractivity (Wildman–Crippen MR) is 204 cm³/mol. The van der Waals surface area contributed by atoms with Gasteiger partial charge in [0.1, 0.15) is 16.8 Å². The highest BCUT2D eigenvalue weighted by Crippen LogP contribution is 2.44. The third-order valence-corrected chi connectivity index (χ3v) is 9.97. The number of hydrogen-bond acceptors (Lipinski definition) is 3. The highest BCUT2D eigenvalue weighted by molar-refractivity contribution is 6.11. The van der Waals surface area contributed by atoms with Crippen molar-refractivity contribution in [3.63, 3.8) is 0 Å². The maximum absolute atomic E-state index is 6.83. The molecule has 0 spiro atoms. The van der Waals surface area contributed by atoms with Crippen LogP contribution in [0.2, 0.25) is 0 Å². The van der Waals surface area contributed by atoms with Crippen molar-refractivity contribution in [2.24, 2.45) is 0 Å². The van der Waals surface area contributed by atoms with Crippen molar-refractivity contribution in [1.29, 1.82) is 0 Å². The molecule has 0 fully saturated rings. The molecule has 0 bridgehead atoms. The lowest BCUT2D eigenvalue weighted by Crippen LogP contribution is -2.11. The molecule has 1 atom stereocenters. The minimum absolute atomic E-state index is 0.182. The van der Waals surface area contributed by atoms with Crippen molar-refractivity contribution < 1.29 is 4.42 Å². The molecule has 0 saturated heterocycles. The Morgan fingerprint density at radius 1 is 0.580 bits per heavy atom. The molecule has 0 radical (unpaired) electrons. The Labute approximate surface area is 289 Å². The largest absolute Gasteiger partial charge is 0.451 e. The fourth-order valence-corrected chi connectivity index (χ4v) is 7.71. The van der Waals surface area contributed by atoms with Crippen LogP contribution in [0.4, 0.5) is 0 Å². The van der Waals surface area contributed by atoms with Gasteiger partial charge in [0.25, 0.3) is 0 Å². The topological polar surface area (TPSA) is 43.9 Å². The third kappa shape index (κ3) is 4.53. The van der Waals surface area contributed by atoms with E-state index < -0.39 is 0 Å². The van der Waals surface area contributed by atoms with Crippen LogP contribution in [-0.2, 0) is 0 Å². The average molecular weight is 642 g/mol. The van der Waals surface area contributed by atoms with Crippen molar-refractivity contribution in [1.82, 2.24) is 14.5 Å². The molecule has 1 aliphatic carbocycles. The predicted octanol–water partition coefficient (Wildman–Crippen LogP) is 11.9. The van der Waals surface area contributed by atoms with Crippen LogP contribution in [0.25, 0.3) is 78.5 Å². The van der Waals surface area contributed by atoms with E-state index in [1.165, 1.54) is 33.4 Å². The Morgan fingerprint density at radius 3 is 2.08 bits per heavy atom. The van der Waals surface area contributed by atoms with Gasteiger partial charge in [0.2, 0.25) is 0 Å². The summed E-state index contributed by atoms with van der Waals surface area (Å²) in [4.78, 5) is 10.2. The van der Waals surface area contributed by atoms with Crippen LogP contribution in [0, 0.1) is 0 Å². The molecule has 0 aliphatic heterocycles. The molecule has 1 aliphatic rings. The summed E-state index contributed by atoms with van der Waals surface area (Å²) in [5, 5.41) is 2.26. The van der Waals surface area contributed by atoms with Gasteiger partial charge in [-0.25, -0.2) is 9.97 Å². The van der Waals surface area contributed by atoms with Crippen LogP contribution in [0.15, 0.2) is 168 Å². The van der Waals surface area contributed by atoms with E-state index in [9.17, 15) is 0 Å². The maximum atomic E-state index is 6.83. The summed E-state index contributed by atoms with van der Waals surface area (Å²) in [6.07, 6.45) is 5.56. The number of benzene rings is 6. The first-order valence-electron chi connectivity index (χ1n) is 17.1. The third-order valence-electron chi connectivity index (χ3n) is 9.97. The van der Waals surface area contributed by atoms with Gasteiger partial charge in [-0.15, -0.1) is 0 Å². The Hall–Kier alpha value is -6.52. The van der Waals surface area contributed by atoms with Gasteiger partial charge >= 0.3 is 0 Å². The minimum Gasteiger partial charge on any atom is -0.451 e. The first-order valence-corrected chi connectivity index (χ1v) is 17.1. The van der Waals surface area contributed by atoms with Crippen LogP contribution in [-0.4, -0.2) is 14.5 Å². The molecule has 236 valence electrons. The van der Waals surface area contributed by atoms with Crippen molar-refractivity contribution in [2.75, 3.05) is 0 Å². The van der Waals surface area contributed by atoms with Gasteiger partial charge in [0, 0.05) is 50.3 Å². The molecule has 3 heterocycles. The smallest absolute Gasteiger partial charge is 0.180 e. The first kappa shape index (κ1) is 28.5. The Bertz CT molecular complexity index is 2720. The quantitative estimate of drug-likeness (QED) is 0.188. The van der Waals surface area contributed by atoms with E-state index in [-0.39, 0.29) is 5.92 Å². The fourth-order valence-electron chi connectivity index (χ4n) is 7.71. The number of aromatic nitrogens is 3. The number of allylic oxidation sites excluding steroid dienone is 1. The summed E-state index contributed by atoms with van der Waals surface area (Å²) in [7, 11) is 0. The average Bonchev–Trinajstić information content (AvgIpc) is 3.75. The number of nitrogens with zero attached hydrogens (tertiary/aromatic N) is 3. The number of furan rings is 1. The lowest BCUT2D eigenvalue weighted by Gasteiger charge is -2.24. The number of para-hydroxylation sites is 3. The Balaban J connectivity index is 1.16. The van der Waals surface area contributed by atoms with Gasteiger partial charge in [-0.05, 0) is 41.8 Å². The minimum atomic E-state index is 0.182. The van der Waals surface area contributed by atoms with Gasteiger partial charge in [-0.1, -0.05) is 146 Å². The van der Waals surface area contributed by atoms with Crippen LogP contribution in [0.5, 0.6) is 0 Å². The maximum Gasteiger partial charge on any atom is 0.180 e. The Morgan fingerprint density at radius 2 is 1.26 bits per heavy atom. The molecule has 50 heavy (non-hydrogen) atoms. The standard InChI is InChI=1S/C46H31N3O/c1-4-15-30(16-5-1)41-45-42(48-46(47-41)31-17-6-2-7-18-31)39-27-14-25-36(44(39)50-45)33-20-12-19-32(29-33)35-24-13-26-38-37-23-10-11-28-40(37)49(43(35)38)34-21-8-3-9-22-34/h1-23,25-29,35H,24H2. The molecule has 10 rings (SSSR count). The zero-order chi connectivity index (χ0) is 33.0. The summed E-state index contributed by atoms with van der Waals surface area (Å²) in [6, 6.07) is 55.3. The normalized spacial score (nSPS) is 14.0. The Kier molecular flexibility index (Phi) is 6.59. The summed E-state index contributed by atoms with van der Waals surface area (Å²) in [5.74, 6) is 0.864. The van der Waals surface area contributed by atoms with Crippen LogP contribution < -0.4 is 0 Å². The van der Waals surface area contributed by atoms with Gasteiger partial charge in [-0.2, -0.15) is 0 Å². The zero-order valence-electron chi connectivity index (χ0n) is 27.2. The molecule has 0 amide bonds. The summed E-state index contributed by atoms with van der Waals surface area (Å²) < 4.78 is 9.29. The number of rotatable bonds is 5. The molecule has 4 nitrogen and oxygen atoms in total. The SMILES string of the molecule is C1=Cc2c(n(-c3ccccc3)c3ccccc23)C(c2cccc(-c3cccc4c3oc3c(-c5ccccc5)nc(-c5ccccc5)nc34)c2)C1. The van der Waals surface area contributed by atoms with E-state index in [0.717, 1.165) is 50.9 Å². The van der Waals surface area contributed by atoms with E-state index >= 15 is 0 Å². The number of hydrogen-bond donors (Lipinski definition) is 0. The highest BCUT2D eigenvalue weighted by Gasteiger charge is 2.28. The van der Waals surface area contributed by atoms with E-state index in [1.807, 2.05) is 36.4 Å². The van der Waals surface area contributed by atoms with Gasteiger partial charge in [0.15, 0.2) is 11.4 Å². The second kappa shape index (κ2) is 11.6. The second-order valence-corrected chi connectivity index (χ2v) is 12.9. The second-order valence-electron chi connectivity index (χ2n) is 12.9. The van der Waals surface area contributed by atoms with Crippen LogP contribution >= 0.6 is 0 Å². The molecule has 9 aromatic rings. The summed E-state index contributed by atoms with van der Waals surface area (Å²) >= 11 is 0. The van der Waals surface area contributed by atoms with Gasteiger partial charge in [-0.3, -0.25) is 0 Å². The lowest BCUT2D eigenvalue weighted by molar-refractivity contribution is 0.668. The van der Waals surface area contributed by atoms with Gasteiger partial charge in [0.05, 0.1) is 5.52 Å². The van der Waals surface area contributed by atoms with Crippen LogP contribution in [0.1, 0.15) is 29.2 Å². The van der Waals surface area contributed by atoms with Crippen molar-refractivity contribution >= 4 is 39.0 Å². The lowest BCUT2D eigenvalue weighted by atomic mass is 9.84. The molecule has 3 aromatic heterocycles. The molecule has 0 N–H and O–H groups in total. The van der Waals surface area contributed by atoms with E-state index in [1.54, 1.807) is 0 Å². The van der Waals surface area contributed by atoms with Crippen molar-refractivity contribution in [3.05, 3.63) is 181 Å². The molecule has 0 saturated carbocycles. The van der Waals surface area contributed by atoms with E-state index in [2.05, 4.69) is 138 Å². The molecular formula is C46H31N3O. The monoisotopic (exact) mass is 641 g/mol. The molecule has 6 aromatic carbocycles. The summed E-state index contributed by atoms with van der Waals surface area (Å²) in [5.41, 5.74) is 13.6. The van der Waals surface area contributed by atoms with E-state index in [4.69, 9.17) is 14.4 Å². The fraction of sp³-hybridized carbons (Fsp3) is 0.0435. The molecular weight excluding hydrogens is 611 g/mol. The van der Waals surface area contributed by atoms with Gasteiger partial charge < -0.3 is 8.98 Å². The van der Waals surface area contributed by atoms with Crippen molar-refractivity contribution in [2.45, 2.75) is 12.3 Å². The van der Waals surface area contributed by atoms with E-state index in [0.29, 0.717) is 11.4 Å². The molecule has 1 unspecified atom stereocenters. The highest BCUT2D eigenvalue weighted by atomic mass is 16.3. The first-order chi connectivity index (χ1) is 24.8. The molecule has 4 heteroatoms. The van der Waals surface area contributed by atoms with Crippen LogP contribution in [0.3, 0.4) is 0 Å².